The number of nitrogens with one attached hydrogen (secondary N) is 1. The Hall–Kier alpha value is -2.66. The molecule has 1 aromatic carbocycles. The maximum absolute atomic E-state index is 12.1. The second-order valence-corrected chi connectivity index (χ2v) is 4.63. The second-order valence-electron chi connectivity index (χ2n) is 4.25. The zero-order chi connectivity index (χ0) is 14.7. The monoisotopic (exact) mass is 299 g/mol. The van der Waals surface area contributed by atoms with Gasteiger partial charge in [0.15, 0.2) is 12.2 Å². The van der Waals surface area contributed by atoms with Crippen LogP contribution in [0.15, 0.2) is 59.5 Å². The van der Waals surface area contributed by atoms with Crippen LogP contribution < -0.4 is 5.32 Å². The van der Waals surface area contributed by atoms with Crippen molar-refractivity contribution in [1.82, 2.24) is 9.97 Å². The Morgan fingerprint density at radius 1 is 1.19 bits per heavy atom. The van der Waals surface area contributed by atoms with Gasteiger partial charge in [0.1, 0.15) is 10.8 Å². The van der Waals surface area contributed by atoms with E-state index in [9.17, 15) is 4.79 Å². The van der Waals surface area contributed by atoms with E-state index in [-0.39, 0.29) is 16.8 Å². The number of carbonyl (C=O) groups excluding carboxylic acids is 1. The van der Waals surface area contributed by atoms with Crippen LogP contribution >= 0.6 is 11.6 Å². The standard InChI is InChI=1S/C15H10ClN3O2/c16-14-6-2-5-12(19-14)15(20)18-11-4-1-3-10(7-11)13-8-17-9-21-13/h1-9H,(H,18,20). The van der Waals surface area contributed by atoms with Crippen LogP contribution in [-0.2, 0) is 0 Å². The van der Waals surface area contributed by atoms with Crippen LogP contribution in [0.3, 0.4) is 0 Å². The van der Waals surface area contributed by atoms with Crippen molar-refractivity contribution in [2.24, 2.45) is 0 Å². The summed E-state index contributed by atoms with van der Waals surface area (Å²) >= 11 is 5.77. The number of rotatable bonds is 3. The van der Waals surface area contributed by atoms with Crippen molar-refractivity contribution in [2.75, 3.05) is 5.32 Å². The first kappa shape index (κ1) is 13.3. The van der Waals surface area contributed by atoms with E-state index in [0.717, 1.165) is 5.56 Å². The molecular formula is C15H10ClN3O2. The van der Waals surface area contributed by atoms with Crippen molar-refractivity contribution in [1.29, 1.82) is 0 Å². The first-order valence-electron chi connectivity index (χ1n) is 6.15. The van der Waals surface area contributed by atoms with Crippen molar-refractivity contribution in [3.05, 3.63) is 65.9 Å². The summed E-state index contributed by atoms with van der Waals surface area (Å²) < 4.78 is 5.23. The lowest BCUT2D eigenvalue weighted by Gasteiger charge is -2.06. The van der Waals surface area contributed by atoms with E-state index >= 15 is 0 Å². The second kappa shape index (κ2) is 5.76. The molecule has 0 spiro atoms. The van der Waals surface area contributed by atoms with Crippen LogP contribution in [0.5, 0.6) is 0 Å². The molecule has 0 bridgehead atoms. The Morgan fingerprint density at radius 2 is 2.05 bits per heavy atom. The van der Waals surface area contributed by atoms with Gasteiger partial charge < -0.3 is 9.73 Å². The molecule has 5 nitrogen and oxygen atoms in total. The minimum Gasteiger partial charge on any atom is -0.444 e. The molecule has 0 radical (unpaired) electrons. The Labute approximate surface area is 125 Å². The Kier molecular flexibility index (Phi) is 3.66. The number of carbonyl (C=O) groups is 1. The molecule has 3 aromatic rings. The lowest BCUT2D eigenvalue weighted by molar-refractivity contribution is 0.102. The molecule has 0 fully saturated rings. The number of halogens is 1. The van der Waals surface area contributed by atoms with Crippen LogP contribution in [0.2, 0.25) is 5.15 Å². The number of benzene rings is 1. The molecule has 0 aliphatic heterocycles. The predicted octanol–water partition coefficient (Wildman–Crippen LogP) is 3.64. The quantitative estimate of drug-likeness (QED) is 0.750. The van der Waals surface area contributed by atoms with Gasteiger partial charge in [-0.15, -0.1) is 0 Å². The zero-order valence-corrected chi connectivity index (χ0v) is 11.5. The summed E-state index contributed by atoms with van der Waals surface area (Å²) in [5, 5.41) is 3.04. The molecule has 104 valence electrons. The molecule has 0 saturated heterocycles. The fourth-order valence-corrected chi connectivity index (χ4v) is 2.00. The molecule has 0 aliphatic rings. The molecule has 1 N–H and O–H groups in total. The first-order chi connectivity index (χ1) is 10.2. The topological polar surface area (TPSA) is 68.0 Å². The summed E-state index contributed by atoms with van der Waals surface area (Å²) in [5.41, 5.74) is 1.72. The van der Waals surface area contributed by atoms with Gasteiger partial charge in [0.2, 0.25) is 0 Å². The van der Waals surface area contributed by atoms with Crippen LogP contribution in [-0.4, -0.2) is 15.9 Å². The number of nitrogens with zero attached hydrogens (tertiary/aromatic N) is 2. The summed E-state index contributed by atoms with van der Waals surface area (Å²) in [6, 6.07) is 12.2. The molecule has 0 aliphatic carbocycles. The predicted molar refractivity (Wildman–Crippen MR) is 79.1 cm³/mol. The number of aromatic nitrogens is 2. The summed E-state index contributed by atoms with van der Waals surface area (Å²) in [7, 11) is 0. The summed E-state index contributed by atoms with van der Waals surface area (Å²) in [4.78, 5) is 19.9. The highest BCUT2D eigenvalue weighted by Gasteiger charge is 2.09. The molecule has 0 saturated carbocycles. The zero-order valence-electron chi connectivity index (χ0n) is 10.8. The number of pyridine rings is 1. The van der Waals surface area contributed by atoms with E-state index in [1.165, 1.54) is 6.39 Å². The minimum atomic E-state index is -0.327. The Morgan fingerprint density at radius 3 is 2.81 bits per heavy atom. The maximum Gasteiger partial charge on any atom is 0.274 e. The van der Waals surface area contributed by atoms with Crippen LogP contribution in [0, 0.1) is 0 Å². The molecule has 3 rings (SSSR count). The molecule has 0 atom stereocenters. The van der Waals surface area contributed by atoms with Crippen molar-refractivity contribution in [3.63, 3.8) is 0 Å². The summed E-state index contributed by atoms with van der Waals surface area (Å²) in [6.07, 6.45) is 2.97. The molecular weight excluding hydrogens is 290 g/mol. The van der Waals surface area contributed by atoms with Crippen LogP contribution in [0.4, 0.5) is 5.69 Å². The van der Waals surface area contributed by atoms with E-state index in [0.29, 0.717) is 11.4 Å². The maximum atomic E-state index is 12.1. The van der Waals surface area contributed by atoms with E-state index < -0.39 is 0 Å². The number of oxazole rings is 1. The van der Waals surface area contributed by atoms with Crippen LogP contribution in [0.25, 0.3) is 11.3 Å². The molecule has 6 heteroatoms. The SMILES string of the molecule is O=C(Nc1cccc(-c2cnco2)c1)c1cccc(Cl)n1. The molecule has 1 amide bonds. The molecule has 0 unspecified atom stereocenters. The number of hydrogen-bond donors (Lipinski definition) is 1. The van der Waals surface area contributed by atoms with Crippen molar-refractivity contribution < 1.29 is 9.21 Å². The van der Waals surface area contributed by atoms with Crippen molar-refractivity contribution in [3.8, 4) is 11.3 Å². The number of anilines is 1. The highest BCUT2D eigenvalue weighted by Crippen LogP contribution is 2.22. The lowest BCUT2D eigenvalue weighted by Crippen LogP contribution is -2.13. The smallest absolute Gasteiger partial charge is 0.274 e. The van der Waals surface area contributed by atoms with Gasteiger partial charge in [-0.05, 0) is 24.3 Å². The average molecular weight is 300 g/mol. The minimum absolute atomic E-state index is 0.257. The Bertz CT molecular complexity index is 772. The number of hydrogen-bond acceptors (Lipinski definition) is 4. The van der Waals surface area contributed by atoms with Gasteiger partial charge in [-0.3, -0.25) is 4.79 Å². The van der Waals surface area contributed by atoms with Gasteiger partial charge in [0.05, 0.1) is 6.20 Å². The highest BCUT2D eigenvalue weighted by molar-refractivity contribution is 6.29. The van der Waals surface area contributed by atoms with E-state index in [1.54, 1.807) is 36.5 Å². The summed E-state index contributed by atoms with van der Waals surface area (Å²) in [6.45, 7) is 0. The van der Waals surface area contributed by atoms with Gasteiger partial charge in [-0.25, -0.2) is 9.97 Å². The van der Waals surface area contributed by atoms with Gasteiger partial charge in [0.25, 0.3) is 5.91 Å². The van der Waals surface area contributed by atoms with Crippen molar-refractivity contribution in [2.45, 2.75) is 0 Å². The molecule has 2 aromatic heterocycles. The fraction of sp³-hybridized carbons (Fsp3) is 0. The largest absolute Gasteiger partial charge is 0.444 e. The first-order valence-corrected chi connectivity index (χ1v) is 6.53. The average Bonchev–Trinajstić information content (AvgIpc) is 3.02. The fourth-order valence-electron chi connectivity index (χ4n) is 1.84. The van der Waals surface area contributed by atoms with Gasteiger partial charge in [-0.1, -0.05) is 29.8 Å². The third-order valence-electron chi connectivity index (χ3n) is 2.79. The van der Waals surface area contributed by atoms with Gasteiger partial charge in [0, 0.05) is 11.3 Å². The van der Waals surface area contributed by atoms with Crippen LogP contribution in [0.1, 0.15) is 10.5 Å². The molecule has 21 heavy (non-hydrogen) atoms. The van der Waals surface area contributed by atoms with E-state index in [1.807, 2.05) is 12.1 Å². The molecule has 2 heterocycles. The highest BCUT2D eigenvalue weighted by atomic mass is 35.5. The van der Waals surface area contributed by atoms with Gasteiger partial charge >= 0.3 is 0 Å². The van der Waals surface area contributed by atoms with E-state index in [4.69, 9.17) is 16.0 Å². The Balaban J connectivity index is 1.82. The third-order valence-corrected chi connectivity index (χ3v) is 3.00. The third kappa shape index (κ3) is 3.09. The van der Waals surface area contributed by atoms with E-state index in [2.05, 4.69) is 15.3 Å². The van der Waals surface area contributed by atoms with Gasteiger partial charge in [-0.2, -0.15) is 0 Å². The normalized spacial score (nSPS) is 10.3. The summed E-state index contributed by atoms with van der Waals surface area (Å²) in [5.74, 6) is 0.305. The van der Waals surface area contributed by atoms with Crippen molar-refractivity contribution >= 4 is 23.2 Å². The number of amides is 1. The lowest BCUT2D eigenvalue weighted by atomic mass is 10.1.